The molecule has 1 saturated carbocycles. The van der Waals surface area contributed by atoms with Gasteiger partial charge in [0.1, 0.15) is 5.75 Å². The van der Waals surface area contributed by atoms with Gasteiger partial charge in [-0.3, -0.25) is 9.52 Å². The van der Waals surface area contributed by atoms with Gasteiger partial charge in [-0.05, 0) is 91.3 Å². The van der Waals surface area contributed by atoms with E-state index in [1.54, 1.807) is 6.07 Å². The predicted molar refractivity (Wildman–Crippen MR) is 167 cm³/mol. The van der Waals surface area contributed by atoms with Gasteiger partial charge in [0.05, 0.1) is 43.5 Å². The van der Waals surface area contributed by atoms with Gasteiger partial charge in [-0.2, -0.15) is 0 Å². The van der Waals surface area contributed by atoms with E-state index in [4.69, 9.17) is 25.8 Å². The summed E-state index contributed by atoms with van der Waals surface area (Å²) in [5, 5.41) is 0.771. The molecule has 3 heterocycles. The SMILES string of the molecule is C=S1(=O)CCO[C@H]2C[C@@H](OC[C@@H]2C)[C@@H]2CC[C@H]2CN2C[C@@]3(CCCc4cc(Cl)ccc43)COc3ccc(cc32)C(=O)N1. The summed E-state index contributed by atoms with van der Waals surface area (Å²) in [6.07, 6.45) is 6.47. The van der Waals surface area contributed by atoms with E-state index in [0.717, 1.165) is 68.1 Å². The molecule has 9 heteroatoms. The van der Waals surface area contributed by atoms with Crippen molar-refractivity contribution in [3.05, 3.63) is 58.1 Å². The number of amides is 1. The van der Waals surface area contributed by atoms with Crippen LogP contribution in [0.2, 0.25) is 5.02 Å². The van der Waals surface area contributed by atoms with Crippen molar-refractivity contribution in [3.8, 4) is 5.75 Å². The van der Waals surface area contributed by atoms with Crippen molar-refractivity contribution >= 4 is 38.8 Å². The number of carbonyl (C=O) groups excluding carboxylic acids is 1. The van der Waals surface area contributed by atoms with E-state index >= 15 is 0 Å². The topological polar surface area (TPSA) is 77.1 Å². The molecule has 5 aliphatic rings. The highest BCUT2D eigenvalue weighted by Crippen LogP contribution is 2.47. The van der Waals surface area contributed by atoms with E-state index in [9.17, 15) is 9.00 Å². The van der Waals surface area contributed by atoms with Crippen molar-refractivity contribution in [2.75, 3.05) is 43.6 Å². The monoisotopic (exact) mass is 612 g/mol. The molecule has 7 atom stereocenters. The molecule has 2 aromatic rings. The molecule has 1 saturated heterocycles. The number of rotatable bonds is 0. The highest BCUT2D eigenvalue weighted by atomic mass is 35.5. The second-order valence-corrected chi connectivity index (χ2v) is 15.9. The number of halogens is 1. The lowest BCUT2D eigenvalue weighted by atomic mass is 9.67. The zero-order valence-electron chi connectivity index (χ0n) is 24.3. The van der Waals surface area contributed by atoms with Gasteiger partial charge in [-0.25, -0.2) is 4.21 Å². The van der Waals surface area contributed by atoms with Crippen molar-refractivity contribution in [3.63, 3.8) is 0 Å². The Balaban J connectivity index is 1.28. The lowest BCUT2D eigenvalue weighted by Crippen LogP contribution is -2.51. The fourth-order valence-electron chi connectivity index (χ4n) is 7.91. The molecule has 7 nitrogen and oxygen atoms in total. The van der Waals surface area contributed by atoms with Crippen molar-refractivity contribution in [1.29, 1.82) is 0 Å². The van der Waals surface area contributed by atoms with Crippen LogP contribution >= 0.6 is 11.6 Å². The van der Waals surface area contributed by atoms with E-state index in [1.807, 2.05) is 18.2 Å². The smallest absolute Gasteiger partial charge is 0.262 e. The zero-order chi connectivity index (χ0) is 29.1. The number of nitrogens with zero attached hydrogens (tertiary/aromatic N) is 1. The maximum atomic E-state index is 13.4. The Morgan fingerprint density at radius 2 is 2.02 bits per heavy atom. The largest absolute Gasteiger partial charge is 0.490 e. The summed E-state index contributed by atoms with van der Waals surface area (Å²) in [5.41, 5.74) is 3.82. The summed E-state index contributed by atoms with van der Waals surface area (Å²) in [7, 11) is -2.87. The minimum absolute atomic E-state index is 0.0450. The molecule has 2 aliphatic carbocycles. The first-order valence-electron chi connectivity index (χ1n) is 15.4. The molecule has 0 aromatic heterocycles. The second-order valence-electron chi connectivity index (χ2n) is 13.2. The molecule has 226 valence electrons. The molecular weight excluding hydrogens is 572 g/mol. The van der Waals surface area contributed by atoms with Crippen molar-refractivity contribution < 1.29 is 23.2 Å². The van der Waals surface area contributed by atoms with Crippen LogP contribution in [0.15, 0.2) is 36.4 Å². The summed E-state index contributed by atoms with van der Waals surface area (Å²) in [6, 6.07) is 11.9. The third-order valence-electron chi connectivity index (χ3n) is 10.4. The summed E-state index contributed by atoms with van der Waals surface area (Å²) in [6.45, 7) is 5.34. The first kappa shape index (κ1) is 28.5. The van der Waals surface area contributed by atoms with Crippen LogP contribution in [0.3, 0.4) is 0 Å². The molecule has 0 radical (unpaired) electrons. The van der Waals surface area contributed by atoms with Gasteiger partial charge in [-0.1, -0.05) is 24.6 Å². The first-order valence-corrected chi connectivity index (χ1v) is 17.7. The van der Waals surface area contributed by atoms with Crippen LogP contribution in [0.5, 0.6) is 5.75 Å². The van der Waals surface area contributed by atoms with Crippen LogP contribution in [0.1, 0.15) is 60.5 Å². The maximum Gasteiger partial charge on any atom is 0.262 e. The first-order chi connectivity index (χ1) is 20.2. The van der Waals surface area contributed by atoms with Crippen LogP contribution in [0.4, 0.5) is 5.69 Å². The summed E-state index contributed by atoms with van der Waals surface area (Å²) in [5.74, 6) is 5.63. The number of fused-ring (bicyclic) bond motifs is 7. The maximum absolute atomic E-state index is 13.4. The van der Waals surface area contributed by atoms with E-state index in [2.05, 4.69) is 34.5 Å². The van der Waals surface area contributed by atoms with Gasteiger partial charge in [0.15, 0.2) is 0 Å². The van der Waals surface area contributed by atoms with Crippen molar-refractivity contribution in [2.24, 2.45) is 17.8 Å². The molecule has 1 amide bonds. The van der Waals surface area contributed by atoms with Gasteiger partial charge in [0.2, 0.25) is 0 Å². The molecule has 2 aromatic carbocycles. The highest BCUT2D eigenvalue weighted by molar-refractivity contribution is 7.99. The van der Waals surface area contributed by atoms with E-state index in [-0.39, 0.29) is 35.2 Å². The van der Waals surface area contributed by atoms with Crippen LogP contribution in [0.25, 0.3) is 0 Å². The molecule has 1 unspecified atom stereocenters. The number of ether oxygens (including phenoxy) is 3. The van der Waals surface area contributed by atoms with Crippen LogP contribution < -0.4 is 14.4 Å². The van der Waals surface area contributed by atoms with Crippen LogP contribution in [-0.4, -0.2) is 66.9 Å². The minimum Gasteiger partial charge on any atom is -0.490 e. The van der Waals surface area contributed by atoms with Gasteiger partial charge in [0, 0.05) is 51.1 Å². The summed E-state index contributed by atoms with van der Waals surface area (Å²) in [4.78, 5) is 15.8. The fraction of sp³-hybridized carbons (Fsp3) is 0.576. The number of nitrogens with one attached hydrogen (secondary N) is 1. The Labute approximate surface area is 254 Å². The number of carbonyl (C=O) groups is 1. The quantitative estimate of drug-likeness (QED) is 0.421. The third kappa shape index (κ3) is 5.33. The van der Waals surface area contributed by atoms with Gasteiger partial charge < -0.3 is 19.1 Å². The highest BCUT2D eigenvalue weighted by Gasteiger charge is 2.46. The Kier molecular flexibility index (Phi) is 7.48. The Morgan fingerprint density at radius 3 is 2.86 bits per heavy atom. The van der Waals surface area contributed by atoms with E-state index in [1.165, 1.54) is 11.1 Å². The number of hydrogen-bond donors (Lipinski definition) is 1. The number of benzene rings is 2. The van der Waals surface area contributed by atoms with E-state index < -0.39 is 9.71 Å². The lowest BCUT2D eigenvalue weighted by Gasteiger charge is -2.48. The molecule has 42 heavy (non-hydrogen) atoms. The number of hydrogen-bond acceptors (Lipinski definition) is 6. The van der Waals surface area contributed by atoms with Gasteiger partial charge in [0.25, 0.3) is 5.91 Å². The minimum atomic E-state index is -2.87. The molecule has 4 bridgehead atoms. The Hall–Kier alpha value is -2.26. The molecule has 7 rings (SSSR count). The van der Waals surface area contributed by atoms with Crippen molar-refractivity contribution in [2.45, 2.75) is 63.1 Å². The average Bonchev–Trinajstić information content (AvgIpc) is 3.09. The van der Waals surface area contributed by atoms with Crippen LogP contribution in [0, 0.1) is 17.8 Å². The third-order valence-corrected chi connectivity index (χ3v) is 12.0. The standard InChI is InChI=1S/C33H41ClN2O5S/c1-21-18-40-31-16-30(21)39-12-13-42(2,38)35-32(37)23-6-10-29-28(15-23)36(17-24-5-8-26(24)31)19-33(20-41-29)11-3-4-22-14-25(34)7-9-27(22)33/h6-7,9-10,14-15,21,24,26,30-31H,2-5,8,11-13,16-20H2,1H3,(H,35,37,38)/t21-,24-,26+,30-,31+,33-,42?/m0/s1. The Bertz CT molecular complexity index is 1480. The molecule has 3 aliphatic heterocycles. The fourth-order valence-corrected chi connectivity index (χ4v) is 9.02. The lowest BCUT2D eigenvalue weighted by molar-refractivity contribution is -0.139. The summed E-state index contributed by atoms with van der Waals surface area (Å²) >= 11 is 6.42. The van der Waals surface area contributed by atoms with Gasteiger partial charge in [-0.15, -0.1) is 0 Å². The predicted octanol–water partition coefficient (Wildman–Crippen LogP) is 5.02. The molecule has 1 spiro atoms. The molecular formula is C33H41ClN2O5S. The van der Waals surface area contributed by atoms with Crippen LogP contribution in [-0.2, 0) is 31.0 Å². The normalized spacial score (nSPS) is 36.5. The summed E-state index contributed by atoms with van der Waals surface area (Å²) < 4.78 is 35.3. The van der Waals surface area contributed by atoms with Gasteiger partial charge >= 0.3 is 0 Å². The average molecular weight is 613 g/mol. The Morgan fingerprint density at radius 1 is 1.14 bits per heavy atom. The van der Waals surface area contributed by atoms with Crippen molar-refractivity contribution in [1.82, 2.24) is 4.72 Å². The molecule has 2 fully saturated rings. The van der Waals surface area contributed by atoms with E-state index in [0.29, 0.717) is 37.2 Å². The number of aryl methyl sites for hydroxylation is 1. The second kappa shape index (κ2) is 11.0. The molecule has 1 N–H and O–H groups in total. The number of anilines is 1. The zero-order valence-corrected chi connectivity index (χ0v) is 25.9.